The number of H-pyrrole nitrogens is 1. The van der Waals surface area contributed by atoms with Crippen molar-refractivity contribution in [2.45, 2.75) is 44.8 Å². The maximum atomic E-state index is 12.8. The molecule has 11 heteroatoms. The fourth-order valence-electron chi connectivity index (χ4n) is 4.32. The molecule has 1 saturated heterocycles. The number of aliphatic hydroxyl groups is 1. The summed E-state index contributed by atoms with van der Waals surface area (Å²) >= 11 is 0. The molecule has 0 saturated carbocycles. The highest BCUT2D eigenvalue weighted by Crippen LogP contribution is 2.37. The van der Waals surface area contributed by atoms with Crippen molar-refractivity contribution < 1.29 is 24.1 Å². The zero-order valence-electron chi connectivity index (χ0n) is 21.2. The summed E-state index contributed by atoms with van der Waals surface area (Å²) in [4.78, 5) is 31.5. The maximum absolute atomic E-state index is 12.8. The number of fused-ring (bicyclic) bond motifs is 1. The van der Waals surface area contributed by atoms with Crippen LogP contribution in [0, 0.1) is 0 Å². The molecule has 36 heavy (non-hydrogen) atoms. The summed E-state index contributed by atoms with van der Waals surface area (Å²) in [5, 5.41) is 13.1. The Morgan fingerprint density at radius 2 is 2.06 bits per heavy atom. The first-order valence-electron chi connectivity index (χ1n) is 12.1. The third-order valence-electron chi connectivity index (χ3n) is 6.47. The number of ether oxygens (including phenoxy) is 3. The van der Waals surface area contributed by atoms with Crippen molar-refractivity contribution in [3.05, 3.63) is 35.8 Å². The van der Waals surface area contributed by atoms with Crippen molar-refractivity contribution in [3.8, 4) is 11.8 Å². The van der Waals surface area contributed by atoms with E-state index in [1.165, 1.54) is 5.56 Å². The van der Waals surface area contributed by atoms with Crippen molar-refractivity contribution in [2.75, 3.05) is 45.4 Å². The number of carbonyl (C=O) groups is 1. The number of aliphatic hydroxyl groups excluding tert-OH is 1. The Bertz CT molecular complexity index is 1180. The lowest BCUT2D eigenvalue weighted by atomic mass is 9.89. The Morgan fingerprint density at radius 1 is 1.28 bits per heavy atom. The highest BCUT2D eigenvalue weighted by molar-refractivity contribution is 5.93. The van der Waals surface area contributed by atoms with Gasteiger partial charge in [0.2, 0.25) is 0 Å². The van der Waals surface area contributed by atoms with Gasteiger partial charge in [0.05, 0.1) is 25.2 Å². The number of hydrogen-bond acceptors (Lipinski definition) is 9. The average Bonchev–Trinajstić information content (AvgIpc) is 3.36. The summed E-state index contributed by atoms with van der Waals surface area (Å²) in [6.45, 7) is 5.18. The van der Waals surface area contributed by atoms with Crippen molar-refractivity contribution in [2.24, 2.45) is 0 Å². The van der Waals surface area contributed by atoms with Crippen molar-refractivity contribution >= 4 is 22.8 Å². The van der Waals surface area contributed by atoms with Gasteiger partial charge in [-0.25, -0.2) is 4.98 Å². The SMILES string of the molecule is COc1ccnc2[nH]cc(C3CCN(c4cc(C(=O)N[C@H](C)CO)nc(OC[C@@H](C)OC)n4)CC3)c12. The van der Waals surface area contributed by atoms with Crippen LogP contribution in [0.1, 0.15) is 48.7 Å². The van der Waals surface area contributed by atoms with Crippen LogP contribution in [-0.2, 0) is 4.74 Å². The van der Waals surface area contributed by atoms with Crippen molar-refractivity contribution in [3.63, 3.8) is 0 Å². The summed E-state index contributed by atoms with van der Waals surface area (Å²) in [6.07, 6.45) is 5.41. The Hall–Kier alpha value is -3.44. The minimum atomic E-state index is -0.396. The van der Waals surface area contributed by atoms with Gasteiger partial charge in [-0.3, -0.25) is 4.79 Å². The summed E-state index contributed by atoms with van der Waals surface area (Å²) in [7, 11) is 3.27. The fraction of sp³-hybridized carbons (Fsp3) is 0.520. The van der Waals surface area contributed by atoms with Crippen molar-refractivity contribution in [1.29, 1.82) is 0 Å². The van der Waals surface area contributed by atoms with Crippen molar-refractivity contribution in [1.82, 2.24) is 25.3 Å². The monoisotopic (exact) mass is 498 g/mol. The number of aromatic nitrogens is 4. The number of amides is 1. The van der Waals surface area contributed by atoms with E-state index in [0.717, 1.165) is 42.7 Å². The standard InChI is InChI=1S/C25H34N6O5/c1-15(13-32)28-24(33)19-11-21(30-25(29-19)36-14-16(2)34-3)31-9-6-17(7-10-31)18-12-27-23-22(18)20(35-4)5-8-26-23/h5,8,11-12,15-17,32H,6-7,9-10,13-14H2,1-4H3,(H,26,27)(H,28,33)/t15-,16-/m1/s1. The summed E-state index contributed by atoms with van der Waals surface area (Å²) in [5.74, 6) is 1.39. The van der Waals surface area contributed by atoms with E-state index >= 15 is 0 Å². The van der Waals surface area contributed by atoms with Gasteiger partial charge < -0.3 is 34.5 Å². The Labute approximate surface area is 210 Å². The van der Waals surface area contributed by atoms with Gasteiger partial charge in [-0.05, 0) is 44.2 Å². The second-order valence-corrected chi connectivity index (χ2v) is 9.05. The molecule has 3 N–H and O–H groups in total. The quantitative estimate of drug-likeness (QED) is 0.385. The molecule has 4 heterocycles. The first kappa shape index (κ1) is 25.6. The van der Waals surface area contributed by atoms with E-state index in [9.17, 15) is 9.90 Å². The smallest absolute Gasteiger partial charge is 0.319 e. The number of hydrogen-bond donors (Lipinski definition) is 3. The van der Waals surface area contributed by atoms with E-state index in [1.807, 2.05) is 19.2 Å². The number of anilines is 1. The number of rotatable bonds is 10. The zero-order chi connectivity index (χ0) is 25.7. The molecule has 1 fully saturated rings. The molecule has 1 aliphatic heterocycles. The van der Waals surface area contributed by atoms with Crippen LogP contribution in [0.15, 0.2) is 24.5 Å². The van der Waals surface area contributed by atoms with Gasteiger partial charge in [0.1, 0.15) is 29.5 Å². The second kappa shape index (κ2) is 11.5. The first-order valence-corrected chi connectivity index (χ1v) is 12.1. The lowest BCUT2D eigenvalue weighted by Gasteiger charge is -2.33. The van der Waals surface area contributed by atoms with Gasteiger partial charge in [-0.15, -0.1) is 0 Å². The molecule has 0 unspecified atom stereocenters. The van der Waals surface area contributed by atoms with E-state index in [2.05, 4.69) is 30.2 Å². The molecule has 3 aromatic rings. The van der Waals surface area contributed by atoms with Gasteiger partial charge in [-0.2, -0.15) is 9.97 Å². The maximum Gasteiger partial charge on any atom is 0.319 e. The van der Waals surface area contributed by atoms with E-state index in [1.54, 1.807) is 33.4 Å². The lowest BCUT2D eigenvalue weighted by molar-refractivity contribution is 0.0678. The van der Waals surface area contributed by atoms with Crippen LogP contribution in [0.5, 0.6) is 11.8 Å². The number of pyridine rings is 1. The Kier molecular flexibility index (Phi) is 8.21. The normalized spacial score (nSPS) is 16.1. The van der Waals surface area contributed by atoms with Crippen LogP contribution >= 0.6 is 0 Å². The van der Waals surface area contributed by atoms with E-state index < -0.39 is 11.9 Å². The third-order valence-corrected chi connectivity index (χ3v) is 6.47. The van der Waals surface area contributed by atoms with Crippen LogP contribution in [-0.4, -0.2) is 83.6 Å². The molecule has 0 radical (unpaired) electrons. The number of nitrogens with zero attached hydrogens (tertiary/aromatic N) is 4. The number of aromatic amines is 1. The average molecular weight is 499 g/mol. The van der Waals surface area contributed by atoms with Gasteiger partial charge in [0.15, 0.2) is 0 Å². The molecule has 194 valence electrons. The second-order valence-electron chi connectivity index (χ2n) is 9.05. The molecule has 4 rings (SSSR count). The Balaban J connectivity index is 1.53. The highest BCUT2D eigenvalue weighted by Gasteiger charge is 2.26. The molecule has 1 amide bonds. The minimum Gasteiger partial charge on any atom is -0.496 e. The fourth-order valence-corrected chi connectivity index (χ4v) is 4.32. The van der Waals surface area contributed by atoms with E-state index in [-0.39, 0.29) is 31.0 Å². The Morgan fingerprint density at radius 3 is 2.75 bits per heavy atom. The van der Waals surface area contributed by atoms with Crippen LogP contribution in [0.4, 0.5) is 5.82 Å². The van der Waals surface area contributed by atoms with E-state index in [4.69, 9.17) is 14.2 Å². The van der Waals surface area contributed by atoms with E-state index in [0.29, 0.717) is 11.7 Å². The summed E-state index contributed by atoms with van der Waals surface area (Å²) in [5.41, 5.74) is 2.21. The predicted molar refractivity (Wildman–Crippen MR) is 135 cm³/mol. The molecular formula is C25H34N6O5. The molecule has 3 aromatic heterocycles. The predicted octanol–water partition coefficient (Wildman–Crippen LogP) is 2.27. The molecular weight excluding hydrogens is 464 g/mol. The molecule has 2 atom stereocenters. The minimum absolute atomic E-state index is 0.118. The van der Waals surface area contributed by atoms with Crippen LogP contribution in [0.25, 0.3) is 11.0 Å². The zero-order valence-corrected chi connectivity index (χ0v) is 21.2. The first-order chi connectivity index (χ1) is 17.4. The largest absolute Gasteiger partial charge is 0.496 e. The molecule has 0 spiro atoms. The topological polar surface area (TPSA) is 135 Å². The number of methoxy groups -OCH3 is 2. The molecule has 0 aliphatic carbocycles. The van der Waals surface area contributed by atoms with Gasteiger partial charge in [0, 0.05) is 44.7 Å². The lowest BCUT2D eigenvalue weighted by Crippen LogP contribution is -2.36. The summed E-state index contributed by atoms with van der Waals surface area (Å²) in [6, 6.07) is 3.27. The number of piperidine rings is 1. The van der Waals surface area contributed by atoms with Crippen LogP contribution in [0.2, 0.25) is 0 Å². The van der Waals surface area contributed by atoms with Crippen LogP contribution < -0.4 is 19.7 Å². The number of nitrogens with one attached hydrogen (secondary N) is 2. The van der Waals surface area contributed by atoms with Crippen LogP contribution in [0.3, 0.4) is 0 Å². The van der Waals surface area contributed by atoms with Gasteiger partial charge in [-0.1, -0.05) is 0 Å². The molecule has 0 aromatic carbocycles. The number of carbonyl (C=O) groups excluding carboxylic acids is 1. The highest BCUT2D eigenvalue weighted by atomic mass is 16.5. The summed E-state index contributed by atoms with van der Waals surface area (Å²) < 4.78 is 16.6. The van der Waals surface area contributed by atoms with Gasteiger partial charge >= 0.3 is 6.01 Å². The third kappa shape index (κ3) is 5.68. The molecule has 1 aliphatic rings. The van der Waals surface area contributed by atoms with Gasteiger partial charge in [0.25, 0.3) is 5.91 Å². The molecule has 0 bridgehead atoms. The molecule has 11 nitrogen and oxygen atoms in total.